The van der Waals surface area contributed by atoms with Crippen molar-refractivity contribution in [1.82, 2.24) is 0 Å². The first-order valence-corrected chi connectivity index (χ1v) is 5.59. The molecular formula is C2H7ClNPS. The normalized spacial score (nSPS) is 19.8. The van der Waals surface area contributed by atoms with Crippen molar-refractivity contribution in [3.63, 3.8) is 0 Å². The highest BCUT2D eigenvalue weighted by Crippen LogP contribution is 2.41. The van der Waals surface area contributed by atoms with E-state index >= 15 is 0 Å². The fourth-order valence-corrected chi connectivity index (χ4v) is 0. The van der Waals surface area contributed by atoms with Gasteiger partial charge in [-0.3, -0.25) is 5.50 Å². The molecule has 1 nitrogen and oxygen atoms in total. The van der Waals surface area contributed by atoms with E-state index in [2.05, 4.69) is 11.8 Å². The van der Waals surface area contributed by atoms with Crippen molar-refractivity contribution in [2.45, 2.75) is 6.92 Å². The average Bonchev–Trinajstić information content (AvgIpc) is 1.35. The Morgan fingerprint density at radius 1 is 2.00 bits per heavy atom. The van der Waals surface area contributed by atoms with E-state index in [1.807, 2.05) is 6.92 Å². The summed E-state index contributed by atoms with van der Waals surface area (Å²) in [5, 5.41) is 0. The van der Waals surface area contributed by atoms with E-state index in [-0.39, 0.29) is 0 Å². The van der Waals surface area contributed by atoms with Crippen LogP contribution in [-0.4, -0.2) is 6.16 Å². The van der Waals surface area contributed by atoms with Crippen LogP contribution in [0.4, 0.5) is 0 Å². The molecule has 1 unspecified atom stereocenters. The summed E-state index contributed by atoms with van der Waals surface area (Å²) in [5.74, 6) is 0. The molecule has 0 bridgehead atoms. The lowest BCUT2D eigenvalue weighted by Gasteiger charge is -1.97. The molecule has 1 atom stereocenters. The summed E-state index contributed by atoms with van der Waals surface area (Å²) in [6.07, 6.45) is 0.740. The van der Waals surface area contributed by atoms with E-state index in [1.165, 1.54) is 0 Å². The number of rotatable bonds is 1. The second kappa shape index (κ2) is 2.27. The zero-order chi connectivity index (χ0) is 5.21. The molecule has 0 aliphatic heterocycles. The Morgan fingerprint density at radius 3 is 2.17 bits per heavy atom. The van der Waals surface area contributed by atoms with Crippen LogP contribution >= 0.6 is 16.8 Å². The monoisotopic (exact) mass is 143 g/mol. The largest absolute Gasteiger partial charge is 0.291 e. The molecule has 0 saturated heterocycles. The maximum Gasteiger partial charge on any atom is 0.0933 e. The Balaban J connectivity index is 3.48. The summed E-state index contributed by atoms with van der Waals surface area (Å²) < 4.78 is 0. The van der Waals surface area contributed by atoms with Gasteiger partial charge in [0.05, 0.1) is 5.54 Å². The molecule has 0 heterocycles. The van der Waals surface area contributed by atoms with Crippen LogP contribution in [0.2, 0.25) is 0 Å². The van der Waals surface area contributed by atoms with Crippen LogP contribution in [0.3, 0.4) is 0 Å². The summed E-state index contributed by atoms with van der Waals surface area (Å²) >= 11 is 10.1. The van der Waals surface area contributed by atoms with Gasteiger partial charge < -0.3 is 0 Å². The van der Waals surface area contributed by atoms with Crippen molar-refractivity contribution in [2.24, 2.45) is 5.50 Å². The second-order valence-corrected chi connectivity index (χ2v) is 7.42. The van der Waals surface area contributed by atoms with Crippen LogP contribution < -0.4 is 5.50 Å². The van der Waals surface area contributed by atoms with Gasteiger partial charge in [-0.25, -0.2) is 0 Å². The summed E-state index contributed by atoms with van der Waals surface area (Å²) in [7, 11) is 0. The molecule has 0 fully saturated rings. The minimum Gasteiger partial charge on any atom is -0.291 e. The summed E-state index contributed by atoms with van der Waals surface area (Å²) in [4.78, 5) is 0. The predicted octanol–water partition coefficient (Wildman–Crippen LogP) is 1.51. The Kier molecular flexibility index (Phi) is 2.61. The fraction of sp³-hybridized carbons (Fsp3) is 1.00. The summed E-state index contributed by atoms with van der Waals surface area (Å²) in [6.45, 7) is 1.90. The van der Waals surface area contributed by atoms with Gasteiger partial charge in [0, 0.05) is 0 Å². The third kappa shape index (κ3) is 4.90. The molecule has 0 spiro atoms. The quantitative estimate of drug-likeness (QED) is 0.564. The maximum absolute atomic E-state index is 5.42. The van der Waals surface area contributed by atoms with Gasteiger partial charge in [-0.05, 0) is 6.16 Å². The van der Waals surface area contributed by atoms with Crippen LogP contribution in [0.1, 0.15) is 6.92 Å². The highest BCUT2D eigenvalue weighted by molar-refractivity contribution is 8.25. The molecule has 2 N–H and O–H groups in total. The minimum atomic E-state index is -1.84. The summed E-state index contributed by atoms with van der Waals surface area (Å²) in [5.41, 5.74) is 3.39. The Labute approximate surface area is 47.7 Å². The maximum atomic E-state index is 5.42. The number of nitrogens with two attached hydrogens (primary N) is 1. The Morgan fingerprint density at radius 2 is 2.17 bits per heavy atom. The molecule has 0 aromatic rings. The van der Waals surface area contributed by atoms with Crippen molar-refractivity contribution in [1.29, 1.82) is 0 Å². The highest BCUT2D eigenvalue weighted by Gasteiger charge is 1.96. The lowest BCUT2D eigenvalue weighted by Crippen LogP contribution is -1.86. The van der Waals surface area contributed by atoms with Gasteiger partial charge in [-0.1, -0.05) is 30.0 Å². The van der Waals surface area contributed by atoms with E-state index in [1.54, 1.807) is 0 Å². The molecule has 0 aromatic heterocycles. The zero-order valence-electron chi connectivity index (χ0n) is 3.52. The molecule has 4 heteroatoms. The first kappa shape index (κ1) is 6.90. The molecule has 0 rings (SSSR count). The SMILES string of the molecule is CCP(N)(=S)Cl. The van der Waals surface area contributed by atoms with Crippen LogP contribution in [0.15, 0.2) is 0 Å². The zero-order valence-corrected chi connectivity index (χ0v) is 5.98. The van der Waals surface area contributed by atoms with E-state index in [4.69, 9.17) is 16.7 Å². The van der Waals surface area contributed by atoms with Crippen molar-refractivity contribution >= 4 is 28.6 Å². The van der Waals surface area contributed by atoms with Crippen LogP contribution in [0, 0.1) is 0 Å². The van der Waals surface area contributed by atoms with Gasteiger partial charge in [0.25, 0.3) is 0 Å². The Hall–Kier alpha value is 0.900. The molecule has 0 aromatic carbocycles. The molecule has 38 valence electrons. The average molecular weight is 144 g/mol. The highest BCUT2D eigenvalue weighted by atomic mass is 35.7. The van der Waals surface area contributed by atoms with E-state index in [0.29, 0.717) is 0 Å². The van der Waals surface area contributed by atoms with E-state index in [9.17, 15) is 0 Å². The lowest BCUT2D eigenvalue weighted by molar-refractivity contribution is 1.50. The second-order valence-electron chi connectivity index (χ2n) is 1.02. The first-order valence-electron chi connectivity index (χ1n) is 1.63. The molecule has 6 heavy (non-hydrogen) atoms. The van der Waals surface area contributed by atoms with Gasteiger partial charge in [0.1, 0.15) is 0 Å². The first-order chi connectivity index (χ1) is 2.56. The Bertz CT molecular complexity index is 77.6. The molecule has 0 amide bonds. The van der Waals surface area contributed by atoms with Crippen LogP contribution in [0.25, 0.3) is 0 Å². The minimum absolute atomic E-state index is 0.740. The third-order valence-corrected chi connectivity index (χ3v) is 2.79. The fourth-order valence-electron chi connectivity index (χ4n) is 0. The third-order valence-electron chi connectivity index (χ3n) is 0.431. The van der Waals surface area contributed by atoms with Crippen molar-refractivity contribution in [3.8, 4) is 0 Å². The number of hydrogen-bond acceptors (Lipinski definition) is 1. The van der Waals surface area contributed by atoms with Gasteiger partial charge in [0.15, 0.2) is 0 Å². The van der Waals surface area contributed by atoms with E-state index in [0.717, 1.165) is 6.16 Å². The molecule has 0 aliphatic carbocycles. The number of hydrogen-bond donors (Lipinski definition) is 1. The number of halogens is 1. The standard InChI is InChI=1S/C2H7ClNPS/c1-2-5(3,4)6/h2H2,1H3,(H2,4,6). The predicted molar refractivity (Wildman–Crippen MR) is 34.9 cm³/mol. The van der Waals surface area contributed by atoms with Crippen molar-refractivity contribution < 1.29 is 0 Å². The van der Waals surface area contributed by atoms with E-state index < -0.39 is 5.54 Å². The van der Waals surface area contributed by atoms with Gasteiger partial charge in [-0.15, -0.1) is 0 Å². The van der Waals surface area contributed by atoms with Gasteiger partial charge >= 0.3 is 0 Å². The van der Waals surface area contributed by atoms with Crippen LogP contribution in [-0.2, 0) is 11.8 Å². The molecule has 0 radical (unpaired) electrons. The smallest absolute Gasteiger partial charge is 0.0933 e. The van der Waals surface area contributed by atoms with Crippen molar-refractivity contribution in [3.05, 3.63) is 0 Å². The molecular weight excluding hydrogens is 137 g/mol. The lowest BCUT2D eigenvalue weighted by atomic mass is 11.0. The van der Waals surface area contributed by atoms with Crippen LogP contribution in [0.5, 0.6) is 0 Å². The van der Waals surface area contributed by atoms with Crippen molar-refractivity contribution in [2.75, 3.05) is 6.16 Å². The molecule has 0 saturated carbocycles. The summed E-state index contributed by atoms with van der Waals surface area (Å²) in [6, 6.07) is 0. The van der Waals surface area contributed by atoms with Gasteiger partial charge in [-0.2, -0.15) is 0 Å². The van der Waals surface area contributed by atoms with Gasteiger partial charge in [0.2, 0.25) is 0 Å². The topological polar surface area (TPSA) is 26.0 Å². The molecule has 0 aliphatic rings.